The molecule has 5 heteroatoms. The van der Waals surface area contributed by atoms with Gasteiger partial charge in [0.1, 0.15) is 11.8 Å². The van der Waals surface area contributed by atoms with Gasteiger partial charge in [0, 0.05) is 12.6 Å². The Hall–Kier alpha value is -1.67. The molecule has 0 aliphatic rings. The standard InChI is InChI=1S/C9H12N4O/c1-6-7(4-10)12-13(3)9(6)8(14)5-11-2/h11H,5H2,1-3H3. The van der Waals surface area contributed by atoms with Gasteiger partial charge < -0.3 is 5.32 Å². The van der Waals surface area contributed by atoms with Gasteiger partial charge in [-0.1, -0.05) is 0 Å². The van der Waals surface area contributed by atoms with Gasteiger partial charge in [-0.2, -0.15) is 10.4 Å². The summed E-state index contributed by atoms with van der Waals surface area (Å²) in [5, 5.41) is 15.4. The zero-order chi connectivity index (χ0) is 10.7. The van der Waals surface area contributed by atoms with E-state index in [-0.39, 0.29) is 12.3 Å². The fourth-order valence-corrected chi connectivity index (χ4v) is 1.37. The van der Waals surface area contributed by atoms with Gasteiger partial charge in [0.15, 0.2) is 11.5 Å². The van der Waals surface area contributed by atoms with Crippen molar-refractivity contribution in [3.63, 3.8) is 0 Å². The van der Waals surface area contributed by atoms with Crippen LogP contribution < -0.4 is 5.32 Å². The molecule has 14 heavy (non-hydrogen) atoms. The Labute approximate surface area is 82.3 Å². The highest BCUT2D eigenvalue weighted by molar-refractivity contribution is 5.97. The molecule has 0 bridgehead atoms. The number of hydrogen-bond donors (Lipinski definition) is 1. The van der Waals surface area contributed by atoms with Gasteiger partial charge in [0.25, 0.3) is 0 Å². The van der Waals surface area contributed by atoms with Crippen LogP contribution in [-0.2, 0) is 7.05 Å². The molecule has 0 atom stereocenters. The second-order valence-electron chi connectivity index (χ2n) is 3.01. The van der Waals surface area contributed by atoms with Crippen LogP contribution in [-0.4, -0.2) is 29.2 Å². The van der Waals surface area contributed by atoms with E-state index in [0.717, 1.165) is 0 Å². The Morgan fingerprint density at radius 3 is 2.79 bits per heavy atom. The molecule has 1 rings (SSSR count). The van der Waals surface area contributed by atoms with Gasteiger partial charge in [-0.05, 0) is 14.0 Å². The van der Waals surface area contributed by atoms with E-state index in [4.69, 9.17) is 5.26 Å². The number of nitrogens with one attached hydrogen (secondary N) is 1. The second-order valence-corrected chi connectivity index (χ2v) is 3.01. The molecule has 0 unspecified atom stereocenters. The molecular formula is C9H12N4O. The van der Waals surface area contributed by atoms with Crippen molar-refractivity contribution in [3.8, 4) is 6.07 Å². The first-order valence-corrected chi connectivity index (χ1v) is 4.23. The summed E-state index contributed by atoms with van der Waals surface area (Å²) in [4.78, 5) is 11.6. The number of aryl methyl sites for hydroxylation is 1. The highest BCUT2D eigenvalue weighted by Crippen LogP contribution is 2.11. The maximum Gasteiger partial charge on any atom is 0.194 e. The third-order valence-electron chi connectivity index (χ3n) is 1.99. The van der Waals surface area contributed by atoms with Crippen LogP contribution in [0.1, 0.15) is 21.7 Å². The van der Waals surface area contributed by atoms with Crippen molar-refractivity contribution in [2.45, 2.75) is 6.92 Å². The van der Waals surface area contributed by atoms with E-state index >= 15 is 0 Å². The van der Waals surface area contributed by atoms with E-state index in [2.05, 4.69) is 10.4 Å². The molecule has 0 fully saturated rings. The maximum atomic E-state index is 11.6. The zero-order valence-electron chi connectivity index (χ0n) is 8.46. The summed E-state index contributed by atoms with van der Waals surface area (Å²) in [6.07, 6.45) is 0. The number of carbonyl (C=O) groups excluding carboxylic acids is 1. The van der Waals surface area contributed by atoms with Crippen molar-refractivity contribution in [1.29, 1.82) is 5.26 Å². The minimum Gasteiger partial charge on any atom is -0.313 e. The molecule has 0 aliphatic carbocycles. The Morgan fingerprint density at radius 1 is 1.71 bits per heavy atom. The number of carbonyl (C=O) groups is 1. The number of aromatic nitrogens is 2. The minimum absolute atomic E-state index is 0.0542. The number of nitriles is 1. The van der Waals surface area contributed by atoms with E-state index in [9.17, 15) is 4.79 Å². The third kappa shape index (κ3) is 1.65. The van der Waals surface area contributed by atoms with Gasteiger partial charge in [-0.3, -0.25) is 9.48 Å². The number of Topliss-reactive ketones (excluding diaryl/α,β-unsaturated/α-hetero) is 1. The average Bonchev–Trinajstić information content (AvgIpc) is 2.41. The van der Waals surface area contributed by atoms with Crippen molar-refractivity contribution in [2.75, 3.05) is 13.6 Å². The van der Waals surface area contributed by atoms with Gasteiger partial charge in [0.2, 0.25) is 0 Å². The van der Waals surface area contributed by atoms with Gasteiger partial charge in [-0.25, -0.2) is 0 Å². The summed E-state index contributed by atoms with van der Waals surface area (Å²) < 4.78 is 1.45. The summed E-state index contributed by atoms with van der Waals surface area (Å²) in [6, 6.07) is 1.95. The lowest BCUT2D eigenvalue weighted by Gasteiger charge is -2.01. The van der Waals surface area contributed by atoms with Crippen molar-refractivity contribution in [2.24, 2.45) is 7.05 Å². The lowest BCUT2D eigenvalue weighted by atomic mass is 10.1. The summed E-state index contributed by atoms with van der Waals surface area (Å²) in [6.45, 7) is 1.99. The summed E-state index contributed by atoms with van der Waals surface area (Å²) in [5.74, 6) is -0.0542. The van der Waals surface area contributed by atoms with Crippen LogP contribution in [0.3, 0.4) is 0 Å². The molecule has 0 saturated heterocycles. The van der Waals surface area contributed by atoms with Crippen molar-refractivity contribution < 1.29 is 4.79 Å². The number of ketones is 1. The van der Waals surface area contributed by atoms with Crippen molar-refractivity contribution in [1.82, 2.24) is 15.1 Å². The van der Waals surface area contributed by atoms with E-state index in [0.29, 0.717) is 17.0 Å². The molecule has 1 heterocycles. The third-order valence-corrected chi connectivity index (χ3v) is 1.99. The monoisotopic (exact) mass is 192 g/mol. The first kappa shape index (κ1) is 10.4. The summed E-state index contributed by atoms with van der Waals surface area (Å²) in [7, 11) is 3.37. The molecule has 0 spiro atoms. The second kappa shape index (κ2) is 4.03. The highest BCUT2D eigenvalue weighted by Gasteiger charge is 2.17. The van der Waals surface area contributed by atoms with Crippen LogP contribution in [0.15, 0.2) is 0 Å². The van der Waals surface area contributed by atoms with E-state index in [1.807, 2.05) is 6.07 Å². The van der Waals surface area contributed by atoms with Crippen LogP contribution in [0.2, 0.25) is 0 Å². The first-order valence-electron chi connectivity index (χ1n) is 4.23. The predicted molar refractivity (Wildman–Crippen MR) is 50.9 cm³/mol. The molecule has 0 radical (unpaired) electrons. The largest absolute Gasteiger partial charge is 0.313 e. The fourth-order valence-electron chi connectivity index (χ4n) is 1.37. The number of nitrogens with zero attached hydrogens (tertiary/aromatic N) is 3. The Kier molecular flexibility index (Phi) is 2.99. The SMILES string of the molecule is CNCC(=O)c1c(C)c(C#N)nn1C. The molecule has 1 N–H and O–H groups in total. The topological polar surface area (TPSA) is 70.7 Å². The molecule has 74 valence electrons. The Balaban J connectivity index is 3.15. The van der Waals surface area contributed by atoms with Crippen molar-refractivity contribution in [3.05, 3.63) is 17.0 Å². The van der Waals surface area contributed by atoms with Crippen molar-refractivity contribution >= 4 is 5.78 Å². The zero-order valence-corrected chi connectivity index (χ0v) is 8.46. The molecule has 0 aliphatic heterocycles. The lowest BCUT2D eigenvalue weighted by molar-refractivity contribution is 0.0984. The normalized spacial score (nSPS) is 9.86. The van der Waals surface area contributed by atoms with Crippen LogP contribution in [0.5, 0.6) is 0 Å². The van der Waals surface area contributed by atoms with Crippen LogP contribution in [0, 0.1) is 18.3 Å². The first-order chi connectivity index (χ1) is 6.61. The summed E-state index contributed by atoms with van der Waals surface area (Å²) >= 11 is 0. The fraction of sp³-hybridized carbons (Fsp3) is 0.444. The number of hydrogen-bond acceptors (Lipinski definition) is 4. The molecule has 0 aromatic carbocycles. The number of rotatable bonds is 3. The van der Waals surface area contributed by atoms with Gasteiger partial charge in [0.05, 0.1) is 6.54 Å². The molecule has 1 aromatic heterocycles. The molecule has 1 aromatic rings. The smallest absolute Gasteiger partial charge is 0.194 e. The highest BCUT2D eigenvalue weighted by atomic mass is 16.1. The molecule has 0 amide bonds. The Bertz CT molecular complexity index is 400. The molecular weight excluding hydrogens is 180 g/mol. The van der Waals surface area contributed by atoms with E-state index in [1.165, 1.54) is 4.68 Å². The Morgan fingerprint density at radius 2 is 2.36 bits per heavy atom. The van der Waals surface area contributed by atoms with Gasteiger partial charge in [-0.15, -0.1) is 0 Å². The van der Waals surface area contributed by atoms with Crippen LogP contribution >= 0.6 is 0 Å². The van der Waals surface area contributed by atoms with Crippen LogP contribution in [0.4, 0.5) is 0 Å². The molecule has 0 saturated carbocycles. The van der Waals surface area contributed by atoms with Crippen LogP contribution in [0.25, 0.3) is 0 Å². The van der Waals surface area contributed by atoms with E-state index < -0.39 is 0 Å². The summed E-state index contributed by atoms with van der Waals surface area (Å²) in [5.41, 5.74) is 1.46. The number of likely N-dealkylation sites (N-methyl/N-ethyl adjacent to an activating group) is 1. The van der Waals surface area contributed by atoms with Gasteiger partial charge >= 0.3 is 0 Å². The maximum absolute atomic E-state index is 11.6. The predicted octanol–water partition coefficient (Wildman–Crippen LogP) is 0.00230. The minimum atomic E-state index is -0.0542. The average molecular weight is 192 g/mol. The quantitative estimate of drug-likeness (QED) is 0.684. The lowest BCUT2D eigenvalue weighted by Crippen LogP contribution is -2.21. The molecule has 5 nitrogen and oxygen atoms in total. The van der Waals surface area contributed by atoms with E-state index in [1.54, 1.807) is 21.0 Å².